The molecule has 2 aromatic carbocycles. The topological polar surface area (TPSA) is 93.9 Å². The number of pyridine rings is 1. The molecule has 0 atom stereocenters. The number of H-pyrrole nitrogens is 1. The maximum Gasteiger partial charge on any atom is 0.251 e. The van der Waals surface area contributed by atoms with Gasteiger partial charge in [-0.05, 0) is 35.9 Å². The van der Waals surface area contributed by atoms with Crippen molar-refractivity contribution in [2.45, 2.75) is 0 Å². The van der Waals surface area contributed by atoms with Crippen molar-refractivity contribution in [2.75, 3.05) is 5.73 Å². The van der Waals surface area contributed by atoms with E-state index in [4.69, 9.17) is 22.1 Å². The van der Waals surface area contributed by atoms with Crippen molar-refractivity contribution in [1.82, 2.24) is 15.0 Å². The van der Waals surface area contributed by atoms with E-state index in [2.05, 4.69) is 15.0 Å². The highest BCUT2D eigenvalue weighted by Crippen LogP contribution is 2.39. The van der Waals surface area contributed by atoms with Crippen molar-refractivity contribution >= 4 is 28.3 Å². The Bertz CT molecular complexity index is 1170. The van der Waals surface area contributed by atoms with E-state index in [-0.39, 0.29) is 5.56 Å². The molecule has 0 spiro atoms. The van der Waals surface area contributed by atoms with Gasteiger partial charge in [0.1, 0.15) is 23.6 Å². The molecule has 2 heterocycles. The van der Waals surface area contributed by atoms with Crippen LogP contribution in [-0.4, -0.2) is 15.0 Å². The number of ether oxygens (including phenoxy) is 1. The lowest BCUT2D eigenvalue weighted by atomic mass is 10.0. The summed E-state index contributed by atoms with van der Waals surface area (Å²) in [5.74, 6) is 1.32. The molecule has 0 radical (unpaired) electrons. The summed E-state index contributed by atoms with van der Waals surface area (Å²) in [5.41, 5.74) is 7.92. The fraction of sp³-hybridized carbons (Fsp3) is 0. The van der Waals surface area contributed by atoms with Gasteiger partial charge in [0.25, 0.3) is 5.56 Å². The van der Waals surface area contributed by atoms with Crippen molar-refractivity contribution < 1.29 is 4.74 Å². The highest BCUT2D eigenvalue weighted by atomic mass is 35.5. The molecular formula is C19H13ClN4O2. The molecule has 0 fully saturated rings. The molecule has 4 rings (SSSR count). The van der Waals surface area contributed by atoms with E-state index in [1.165, 1.54) is 18.6 Å². The molecule has 0 bridgehead atoms. The quantitative estimate of drug-likeness (QED) is 0.572. The summed E-state index contributed by atoms with van der Waals surface area (Å²) in [5, 5.41) is 1.30. The fourth-order valence-electron chi connectivity index (χ4n) is 2.76. The number of halogens is 1. The predicted octanol–water partition coefficient (Wildman–Crippen LogP) is 4.01. The van der Waals surface area contributed by atoms with Crippen LogP contribution in [0, 0.1) is 0 Å². The second kappa shape index (κ2) is 6.50. The summed E-state index contributed by atoms with van der Waals surface area (Å²) in [6.07, 6.45) is 2.93. The Labute approximate surface area is 153 Å². The first-order chi connectivity index (χ1) is 12.6. The Morgan fingerprint density at radius 2 is 1.96 bits per heavy atom. The standard InChI is InChI=1S/C19H13ClN4O2/c20-12-3-1-2-11(8-12)17-15(26-13-6-7-22-16(25)9-13)5-4-14-18(17)23-10-24-19(14)21/h1-10H,(H,22,25)(H2,21,23,24). The third kappa shape index (κ3) is 2.98. The molecule has 3 N–H and O–H groups in total. The van der Waals surface area contributed by atoms with Crippen LogP contribution in [0.5, 0.6) is 11.5 Å². The summed E-state index contributed by atoms with van der Waals surface area (Å²) >= 11 is 6.17. The molecule has 0 aliphatic carbocycles. The maximum absolute atomic E-state index is 11.5. The largest absolute Gasteiger partial charge is 0.456 e. The maximum atomic E-state index is 11.5. The molecule has 0 aliphatic rings. The number of benzene rings is 2. The molecule has 0 aliphatic heterocycles. The van der Waals surface area contributed by atoms with Crippen LogP contribution < -0.4 is 16.0 Å². The van der Waals surface area contributed by atoms with E-state index in [0.717, 1.165) is 11.1 Å². The Kier molecular flexibility index (Phi) is 4.02. The van der Waals surface area contributed by atoms with Crippen LogP contribution in [0.4, 0.5) is 5.82 Å². The second-order valence-corrected chi connectivity index (χ2v) is 6.03. The number of nitrogens with zero attached hydrogens (tertiary/aromatic N) is 2. The van der Waals surface area contributed by atoms with Gasteiger partial charge in [0.05, 0.1) is 11.1 Å². The predicted molar refractivity (Wildman–Crippen MR) is 102 cm³/mol. The molecule has 0 unspecified atom stereocenters. The van der Waals surface area contributed by atoms with Gasteiger partial charge in [-0.1, -0.05) is 23.7 Å². The van der Waals surface area contributed by atoms with Gasteiger partial charge >= 0.3 is 0 Å². The highest BCUT2D eigenvalue weighted by Gasteiger charge is 2.15. The van der Waals surface area contributed by atoms with Gasteiger partial charge in [-0.15, -0.1) is 0 Å². The third-order valence-corrected chi connectivity index (χ3v) is 4.12. The summed E-state index contributed by atoms with van der Waals surface area (Å²) < 4.78 is 5.97. The van der Waals surface area contributed by atoms with Gasteiger partial charge in [0.15, 0.2) is 0 Å². The van der Waals surface area contributed by atoms with E-state index < -0.39 is 0 Å². The number of rotatable bonds is 3. The Hall–Kier alpha value is -3.38. The number of aromatic nitrogens is 3. The number of fused-ring (bicyclic) bond motifs is 1. The van der Waals surface area contributed by atoms with E-state index in [0.29, 0.717) is 33.2 Å². The van der Waals surface area contributed by atoms with E-state index in [9.17, 15) is 4.79 Å². The molecule has 0 amide bonds. The van der Waals surface area contributed by atoms with Gasteiger partial charge in [0.2, 0.25) is 0 Å². The number of hydrogen-bond donors (Lipinski definition) is 2. The summed E-state index contributed by atoms with van der Waals surface area (Å²) in [6, 6.07) is 14.0. The Morgan fingerprint density at radius 3 is 2.77 bits per heavy atom. The molecule has 26 heavy (non-hydrogen) atoms. The lowest BCUT2D eigenvalue weighted by Crippen LogP contribution is -2.03. The van der Waals surface area contributed by atoms with Gasteiger partial charge in [0, 0.05) is 22.7 Å². The first-order valence-electron chi connectivity index (χ1n) is 7.77. The molecule has 4 aromatic rings. The van der Waals surface area contributed by atoms with Gasteiger partial charge in [-0.25, -0.2) is 9.97 Å². The monoisotopic (exact) mass is 364 g/mol. The average molecular weight is 365 g/mol. The first kappa shape index (κ1) is 16.1. The zero-order valence-corrected chi connectivity index (χ0v) is 14.2. The van der Waals surface area contributed by atoms with Gasteiger partial charge in [-0.3, -0.25) is 4.79 Å². The summed E-state index contributed by atoms with van der Waals surface area (Å²) in [4.78, 5) is 22.5. The molecule has 6 nitrogen and oxygen atoms in total. The molecule has 2 aromatic heterocycles. The smallest absolute Gasteiger partial charge is 0.251 e. The van der Waals surface area contributed by atoms with Crippen molar-refractivity contribution in [3.63, 3.8) is 0 Å². The van der Waals surface area contributed by atoms with Crippen LogP contribution in [0.1, 0.15) is 0 Å². The third-order valence-electron chi connectivity index (χ3n) is 3.89. The lowest BCUT2D eigenvalue weighted by Gasteiger charge is -2.14. The van der Waals surface area contributed by atoms with Gasteiger partial charge < -0.3 is 15.5 Å². The average Bonchev–Trinajstić information content (AvgIpc) is 2.62. The summed E-state index contributed by atoms with van der Waals surface area (Å²) in [6.45, 7) is 0. The van der Waals surface area contributed by atoms with Crippen molar-refractivity contribution in [3.05, 3.63) is 76.4 Å². The SMILES string of the molecule is Nc1ncnc2c(-c3cccc(Cl)c3)c(Oc3cc[nH]c(=O)c3)ccc12. The van der Waals surface area contributed by atoms with E-state index in [1.54, 1.807) is 24.3 Å². The molecule has 7 heteroatoms. The van der Waals surface area contributed by atoms with Crippen molar-refractivity contribution in [2.24, 2.45) is 0 Å². The van der Waals surface area contributed by atoms with Crippen LogP contribution >= 0.6 is 11.6 Å². The lowest BCUT2D eigenvalue weighted by molar-refractivity contribution is 0.483. The van der Waals surface area contributed by atoms with Crippen molar-refractivity contribution in [1.29, 1.82) is 0 Å². The zero-order chi connectivity index (χ0) is 18.1. The number of aromatic amines is 1. The number of anilines is 1. The molecule has 0 saturated heterocycles. The van der Waals surface area contributed by atoms with E-state index >= 15 is 0 Å². The highest BCUT2D eigenvalue weighted by molar-refractivity contribution is 6.31. The van der Waals surface area contributed by atoms with Crippen LogP contribution in [0.15, 0.2) is 65.8 Å². The molecule has 128 valence electrons. The normalized spacial score (nSPS) is 10.8. The van der Waals surface area contributed by atoms with Crippen LogP contribution in [0.25, 0.3) is 22.0 Å². The second-order valence-electron chi connectivity index (χ2n) is 5.59. The number of hydrogen-bond acceptors (Lipinski definition) is 5. The minimum absolute atomic E-state index is 0.251. The molecule has 0 saturated carbocycles. The minimum atomic E-state index is -0.251. The Balaban J connectivity index is 1.98. The van der Waals surface area contributed by atoms with Crippen LogP contribution in [-0.2, 0) is 0 Å². The number of nitrogens with two attached hydrogens (primary N) is 1. The number of nitrogens with one attached hydrogen (secondary N) is 1. The Morgan fingerprint density at radius 1 is 1.08 bits per heavy atom. The summed E-state index contributed by atoms with van der Waals surface area (Å²) in [7, 11) is 0. The van der Waals surface area contributed by atoms with Crippen LogP contribution in [0.3, 0.4) is 0 Å². The van der Waals surface area contributed by atoms with Crippen molar-refractivity contribution in [3.8, 4) is 22.6 Å². The first-order valence-corrected chi connectivity index (χ1v) is 8.15. The minimum Gasteiger partial charge on any atom is -0.456 e. The van der Waals surface area contributed by atoms with E-state index in [1.807, 2.05) is 18.2 Å². The zero-order valence-electron chi connectivity index (χ0n) is 13.4. The van der Waals surface area contributed by atoms with Gasteiger partial charge in [-0.2, -0.15) is 0 Å². The fourth-order valence-corrected chi connectivity index (χ4v) is 2.95. The van der Waals surface area contributed by atoms with Crippen LogP contribution in [0.2, 0.25) is 5.02 Å². The number of nitrogen functional groups attached to an aromatic ring is 1. The molecular weight excluding hydrogens is 352 g/mol.